The summed E-state index contributed by atoms with van der Waals surface area (Å²) in [6.07, 6.45) is 1.32. The minimum Gasteiger partial charge on any atom is -0.345 e. The largest absolute Gasteiger partial charge is 0.345 e. The number of hydrogen-bond acceptors (Lipinski definition) is 4. The van der Waals surface area contributed by atoms with Gasteiger partial charge in [-0.25, -0.2) is 22.2 Å². The van der Waals surface area contributed by atoms with Crippen LogP contribution < -0.4 is 10.0 Å². The molecule has 1 aliphatic heterocycles. The number of carbonyl (C=O) groups is 1. The third kappa shape index (κ3) is 4.73. The maximum Gasteiger partial charge on any atom is 0.262 e. The van der Waals surface area contributed by atoms with Crippen molar-refractivity contribution >= 4 is 33.2 Å². The van der Waals surface area contributed by atoms with Crippen LogP contribution in [0, 0.1) is 6.92 Å². The van der Waals surface area contributed by atoms with E-state index in [9.17, 15) is 17.6 Å². The Labute approximate surface area is 189 Å². The summed E-state index contributed by atoms with van der Waals surface area (Å²) < 4.78 is 57.3. The molecule has 0 bridgehead atoms. The first-order chi connectivity index (χ1) is 15.0. The third-order valence-electron chi connectivity index (χ3n) is 4.77. The van der Waals surface area contributed by atoms with E-state index in [-0.39, 0.29) is 28.3 Å². The van der Waals surface area contributed by atoms with Crippen LogP contribution in [0.15, 0.2) is 92.5 Å². The molecule has 32 heavy (non-hydrogen) atoms. The number of ketones is 1. The maximum atomic E-state index is 15.2. The molecule has 6 nitrogen and oxygen atoms in total. The van der Waals surface area contributed by atoms with Crippen LogP contribution in [0.3, 0.4) is 0 Å². The van der Waals surface area contributed by atoms with Crippen LogP contribution >= 0.6 is 11.6 Å². The summed E-state index contributed by atoms with van der Waals surface area (Å²) >= 11 is 5.73. The minimum absolute atomic E-state index is 0.0523. The van der Waals surface area contributed by atoms with Crippen molar-refractivity contribution < 1.29 is 22.0 Å². The van der Waals surface area contributed by atoms with Crippen LogP contribution in [-0.4, -0.2) is 26.2 Å². The number of aliphatic imine (C=N–C) groups is 1. The fourth-order valence-corrected chi connectivity index (χ4v) is 4.53. The molecule has 1 aromatic carbocycles. The number of sulfonamides is 1. The predicted molar refractivity (Wildman–Crippen MR) is 120 cm³/mol. The number of rotatable bonds is 6. The average Bonchev–Trinajstić information content (AvgIpc) is 3.09. The fraction of sp³-hybridized carbons (Fsp3) is 0.182. The van der Waals surface area contributed by atoms with Crippen LogP contribution in [-0.2, 0) is 14.8 Å². The predicted octanol–water partition coefficient (Wildman–Crippen LogP) is 4.23. The van der Waals surface area contributed by atoms with E-state index in [2.05, 4.69) is 21.6 Å². The highest BCUT2D eigenvalue weighted by Gasteiger charge is 2.35. The van der Waals surface area contributed by atoms with Gasteiger partial charge in [0.05, 0.1) is 16.2 Å². The van der Waals surface area contributed by atoms with Crippen LogP contribution in [0.2, 0.25) is 0 Å². The van der Waals surface area contributed by atoms with Crippen molar-refractivity contribution in [2.24, 2.45) is 4.99 Å². The van der Waals surface area contributed by atoms with E-state index >= 15 is 4.39 Å². The molecule has 1 aliphatic carbocycles. The number of allylic oxidation sites excluding steroid dienone is 4. The molecule has 10 heteroatoms. The van der Waals surface area contributed by atoms with E-state index in [0.717, 1.165) is 6.08 Å². The number of alkyl halides is 1. The van der Waals surface area contributed by atoms with E-state index < -0.39 is 39.1 Å². The summed E-state index contributed by atoms with van der Waals surface area (Å²) in [6.45, 7) is 6.93. The molecule has 1 unspecified atom stereocenters. The minimum atomic E-state index is -4.15. The summed E-state index contributed by atoms with van der Waals surface area (Å²) in [6, 6.07) is 6.15. The van der Waals surface area contributed by atoms with Gasteiger partial charge in [0.15, 0.2) is 11.6 Å². The van der Waals surface area contributed by atoms with Crippen molar-refractivity contribution in [3.05, 3.63) is 88.2 Å². The molecule has 0 saturated carbocycles. The number of benzene rings is 1. The molecule has 2 aliphatic rings. The molecule has 0 fully saturated rings. The van der Waals surface area contributed by atoms with Crippen molar-refractivity contribution in [3.63, 3.8) is 0 Å². The number of amidine groups is 1. The highest BCUT2D eigenvalue weighted by atomic mass is 35.5. The summed E-state index contributed by atoms with van der Waals surface area (Å²) in [7, 11) is -4.15. The quantitative estimate of drug-likeness (QED) is 0.639. The Kier molecular flexibility index (Phi) is 6.80. The Morgan fingerprint density at radius 3 is 2.72 bits per heavy atom. The SMILES string of the molecule is C=C1C(C(=O)C2=C(F)C(NS(=O)(=O)c3ccccc3C)=CCC2F)=CNC1=N/C=C(\C)Cl. The fourth-order valence-electron chi connectivity index (χ4n) is 3.16. The van der Waals surface area contributed by atoms with Crippen molar-refractivity contribution in [1.29, 1.82) is 0 Å². The standard InChI is InChI=1S/C22H20ClF2N3O3S/c1-12-6-4-5-7-18(12)32(30,31)28-17-9-8-16(24)19(20(17)25)21(29)15-11-27-22(14(15)3)26-10-13(2)23/h4-7,9-11,16,28H,3,8H2,1-2H3,(H,26,27)/b13-10+. The van der Waals surface area contributed by atoms with Crippen LogP contribution in [0.25, 0.3) is 0 Å². The van der Waals surface area contributed by atoms with Gasteiger partial charge in [0.1, 0.15) is 12.0 Å². The number of nitrogens with zero attached hydrogens (tertiary/aromatic N) is 1. The molecule has 0 aromatic heterocycles. The maximum absolute atomic E-state index is 15.2. The van der Waals surface area contributed by atoms with Gasteiger partial charge in [-0.15, -0.1) is 0 Å². The number of hydrogen-bond donors (Lipinski definition) is 2. The smallest absolute Gasteiger partial charge is 0.262 e. The topological polar surface area (TPSA) is 87.6 Å². The van der Waals surface area contributed by atoms with Crippen LogP contribution in [0.1, 0.15) is 18.9 Å². The molecular weight excluding hydrogens is 460 g/mol. The van der Waals surface area contributed by atoms with Crippen molar-refractivity contribution in [3.8, 4) is 0 Å². The van der Waals surface area contributed by atoms with Crippen molar-refractivity contribution in [2.75, 3.05) is 0 Å². The summed E-state index contributed by atoms with van der Waals surface area (Å²) in [4.78, 5) is 16.9. The lowest BCUT2D eigenvalue weighted by Crippen LogP contribution is -2.29. The highest BCUT2D eigenvalue weighted by molar-refractivity contribution is 7.89. The molecule has 0 spiro atoms. The van der Waals surface area contributed by atoms with Gasteiger partial charge < -0.3 is 5.32 Å². The second-order valence-electron chi connectivity index (χ2n) is 7.12. The third-order valence-corrected chi connectivity index (χ3v) is 6.39. The Hall–Kier alpha value is -3.04. The number of halogens is 3. The lowest BCUT2D eigenvalue weighted by atomic mass is 9.91. The molecule has 168 valence electrons. The molecule has 0 radical (unpaired) electrons. The zero-order valence-corrected chi connectivity index (χ0v) is 18.8. The first kappa shape index (κ1) is 23.6. The van der Waals surface area contributed by atoms with E-state index in [4.69, 9.17) is 11.6 Å². The van der Waals surface area contributed by atoms with Gasteiger partial charge in [-0.05, 0) is 25.5 Å². The number of aryl methyl sites for hydroxylation is 1. The van der Waals surface area contributed by atoms with Gasteiger partial charge in [-0.1, -0.05) is 42.5 Å². The Bertz CT molecular complexity index is 1260. The monoisotopic (exact) mass is 479 g/mol. The highest BCUT2D eigenvalue weighted by Crippen LogP contribution is 2.33. The number of Topliss-reactive ketones (excluding diaryl/α,β-unsaturated/α-hetero) is 1. The summed E-state index contributed by atoms with van der Waals surface area (Å²) in [5, 5.41) is 3.09. The number of nitrogens with one attached hydrogen (secondary N) is 2. The number of carbonyl (C=O) groups excluding carboxylic acids is 1. The lowest BCUT2D eigenvalue weighted by molar-refractivity contribution is -0.112. The lowest BCUT2D eigenvalue weighted by Gasteiger charge is -2.21. The van der Waals surface area contributed by atoms with Gasteiger partial charge in [0, 0.05) is 35.0 Å². The average molecular weight is 480 g/mol. The molecular formula is C22H20ClF2N3O3S. The van der Waals surface area contributed by atoms with E-state index in [1.807, 2.05) is 0 Å². The molecule has 0 amide bonds. The van der Waals surface area contributed by atoms with Crippen LogP contribution in [0.4, 0.5) is 8.78 Å². The molecule has 3 rings (SSSR count). The first-order valence-electron chi connectivity index (χ1n) is 9.46. The summed E-state index contributed by atoms with van der Waals surface area (Å²) in [5.74, 6) is -2.02. The van der Waals surface area contributed by atoms with Crippen molar-refractivity contribution in [2.45, 2.75) is 31.3 Å². The molecule has 2 N–H and O–H groups in total. The zero-order chi connectivity index (χ0) is 23.6. The van der Waals surface area contributed by atoms with Gasteiger partial charge in [-0.2, -0.15) is 0 Å². The van der Waals surface area contributed by atoms with Gasteiger partial charge in [0.25, 0.3) is 10.0 Å². The molecule has 1 atom stereocenters. The second-order valence-corrected chi connectivity index (χ2v) is 9.37. The van der Waals surface area contributed by atoms with E-state index in [1.54, 1.807) is 26.0 Å². The Morgan fingerprint density at radius 1 is 1.38 bits per heavy atom. The van der Waals surface area contributed by atoms with Gasteiger partial charge >= 0.3 is 0 Å². The van der Waals surface area contributed by atoms with Crippen molar-refractivity contribution in [1.82, 2.24) is 10.0 Å². The normalized spacial score (nSPS) is 20.8. The molecule has 1 heterocycles. The van der Waals surface area contributed by atoms with Gasteiger partial charge in [0.2, 0.25) is 0 Å². The Balaban J connectivity index is 1.91. The zero-order valence-electron chi connectivity index (χ0n) is 17.2. The molecule has 0 saturated heterocycles. The first-order valence-corrected chi connectivity index (χ1v) is 11.3. The van der Waals surface area contributed by atoms with Crippen LogP contribution in [0.5, 0.6) is 0 Å². The Morgan fingerprint density at radius 2 is 2.06 bits per heavy atom. The summed E-state index contributed by atoms with van der Waals surface area (Å²) in [5.41, 5.74) is -0.771. The van der Waals surface area contributed by atoms with E-state index in [0.29, 0.717) is 10.6 Å². The second kappa shape index (κ2) is 9.22. The van der Waals surface area contributed by atoms with E-state index in [1.165, 1.54) is 24.5 Å². The van der Waals surface area contributed by atoms with Gasteiger partial charge in [-0.3, -0.25) is 9.52 Å². The molecule has 1 aromatic rings.